The number of anilines is 6. The molecule has 0 saturated carbocycles. The van der Waals surface area contributed by atoms with Gasteiger partial charge >= 0.3 is 0 Å². The highest BCUT2D eigenvalue weighted by molar-refractivity contribution is 6.28. The van der Waals surface area contributed by atoms with Gasteiger partial charge in [-0.1, -0.05) is 224 Å². The van der Waals surface area contributed by atoms with Crippen molar-refractivity contribution in [3.63, 3.8) is 0 Å². The molecule has 14 rings (SSSR count). The molecule has 75 heavy (non-hydrogen) atoms. The van der Waals surface area contributed by atoms with Crippen LogP contribution in [0.1, 0.15) is 0 Å². The summed E-state index contributed by atoms with van der Waals surface area (Å²) >= 11 is 0. The summed E-state index contributed by atoms with van der Waals surface area (Å²) in [7, 11) is 0. The summed E-state index contributed by atoms with van der Waals surface area (Å²) in [4.78, 5) is 4.78. The SMILES string of the molecule is c1ccc(-c2ccc(N(c3ccc(-c4ccccc4)cc3)c3ccc(-c4ccc(N(c5ccc(-c6ccccc6)cc5)c5cc6oc7ccc8ccccc8c7c6c6ccccc56)cc4)c4ccccc34)cc2)cc1. The summed E-state index contributed by atoms with van der Waals surface area (Å²) in [5, 5.41) is 9.32. The van der Waals surface area contributed by atoms with Crippen molar-refractivity contribution in [2.24, 2.45) is 0 Å². The Balaban J connectivity index is 0.894. The van der Waals surface area contributed by atoms with E-state index in [1.54, 1.807) is 0 Å². The van der Waals surface area contributed by atoms with Crippen LogP contribution in [-0.2, 0) is 0 Å². The number of hydrogen-bond acceptors (Lipinski definition) is 3. The summed E-state index contributed by atoms with van der Waals surface area (Å²) in [5.41, 5.74) is 17.6. The summed E-state index contributed by atoms with van der Waals surface area (Å²) in [6.07, 6.45) is 0. The number of nitrogens with zero attached hydrogens (tertiary/aromatic N) is 2. The van der Waals surface area contributed by atoms with Gasteiger partial charge in [0.2, 0.25) is 0 Å². The lowest BCUT2D eigenvalue weighted by molar-refractivity contribution is 0.669. The average Bonchev–Trinajstić information content (AvgIpc) is 3.94. The zero-order chi connectivity index (χ0) is 49.7. The average molecular weight is 957 g/mol. The van der Waals surface area contributed by atoms with Crippen molar-refractivity contribution in [2.45, 2.75) is 0 Å². The van der Waals surface area contributed by atoms with Gasteiger partial charge in [0.15, 0.2) is 0 Å². The van der Waals surface area contributed by atoms with Gasteiger partial charge in [0.1, 0.15) is 11.2 Å². The first kappa shape index (κ1) is 43.8. The molecule has 13 aromatic carbocycles. The third kappa shape index (κ3) is 7.86. The van der Waals surface area contributed by atoms with E-state index in [2.05, 4.69) is 301 Å². The monoisotopic (exact) mass is 956 g/mol. The lowest BCUT2D eigenvalue weighted by atomic mass is 9.95. The molecule has 0 bridgehead atoms. The van der Waals surface area contributed by atoms with Crippen molar-refractivity contribution < 1.29 is 4.42 Å². The highest BCUT2D eigenvalue weighted by Gasteiger charge is 2.23. The molecule has 0 aliphatic carbocycles. The second-order valence-electron chi connectivity index (χ2n) is 19.2. The summed E-state index contributed by atoms with van der Waals surface area (Å²) in [6, 6.07) is 105. The largest absolute Gasteiger partial charge is 0.456 e. The van der Waals surface area contributed by atoms with Crippen molar-refractivity contribution in [2.75, 3.05) is 9.80 Å². The summed E-state index contributed by atoms with van der Waals surface area (Å²) in [6.45, 7) is 0. The van der Waals surface area contributed by atoms with E-state index in [1.165, 1.54) is 55.1 Å². The van der Waals surface area contributed by atoms with Gasteiger partial charge in [0, 0.05) is 50.4 Å². The first-order valence-electron chi connectivity index (χ1n) is 25.6. The fourth-order valence-corrected chi connectivity index (χ4v) is 11.2. The predicted molar refractivity (Wildman–Crippen MR) is 317 cm³/mol. The Bertz CT molecular complexity index is 4280. The molecule has 0 saturated heterocycles. The Morgan fingerprint density at radius 1 is 0.227 bits per heavy atom. The number of furan rings is 1. The summed E-state index contributed by atoms with van der Waals surface area (Å²) in [5.74, 6) is 0. The highest BCUT2D eigenvalue weighted by Crippen LogP contribution is 2.48. The fraction of sp³-hybridized carbons (Fsp3) is 0. The van der Waals surface area contributed by atoms with Gasteiger partial charge in [-0.05, 0) is 127 Å². The van der Waals surface area contributed by atoms with Crippen LogP contribution in [0.5, 0.6) is 0 Å². The van der Waals surface area contributed by atoms with Gasteiger partial charge in [-0.2, -0.15) is 0 Å². The predicted octanol–water partition coefficient (Wildman–Crippen LogP) is 20.7. The van der Waals surface area contributed by atoms with Gasteiger partial charge in [-0.15, -0.1) is 0 Å². The van der Waals surface area contributed by atoms with Crippen molar-refractivity contribution in [3.05, 3.63) is 291 Å². The Morgan fingerprint density at radius 3 is 1.11 bits per heavy atom. The minimum Gasteiger partial charge on any atom is -0.456 e. The molecule has 1 aromatic heterocycles. The van der Waals surface area contributed by atoms with E-state index < -0.39 is 0 Å². The zero-order valence-corrected chi connectivity index (χ0v) is 41.0. The molecule has 3 heteroatoms. The smallest absolute Gasteiger partial charge is 0.138 e. The standard InChI is InChI=1S/C72H48N2O/c1-4-16-49(17-5-1)52-28-37-57(38-29-52)73(58-39-30-53(31-40-58)50-18-6-2-7-19-50)67-46-45-61(63-24-12-13-25-64(63)67)56-34-43-60(44-35-56)74(59-41-32-54(33-42-59)51-20-8-3-9-21-51)68-48-70-72(66-27-15-14-26-65(66)68)71-62-23-11-10-22-55(62)36-47-69(71)75-70/h1-48H. The van der Waals surface area contributed by atoms with Gasteiger partial charge in [-0.25, -0.2) is 0 Å². The van der Waals surface area contributed by atoms with Crippen molar-refractivity contribution in [1.82, 2.24) is 0 Å². The molecule has 0 aliphatic rings. The molecule has 0 fully saturated rings. The van der Waals surface area contributed by atoms with E-state index in [4.69, 9.17) is 4.42 Å². The maximum Gasteiger partial charge on any atom is 0.138 e. The van der Waals surface area contributed by atoms with E-state index in [-0.39, 0.29) is 0 Å². The zero-order valence-electron chi connectivity index (χ0n) is 41.0. The molecule has 0 unspecified atom stereocenters. The van der Waals surface area contributed by atoms with Gasteiger partial charge in [0.25, 0.3) is 0 Å². The molecule has 0 atom stereocenters. The molecule has 352 valence electrons. The van der Waals surface area contributed by atoms with E-state index in [0.717, 1.165) is 77.8 Å². The number of fused-ring (bicyclic) bond motifs is 8. The Kier molecular flexibility index (Phi) is 10.8. The van der Waals surface area contributed by atoms with E-state index >= 15 is 0 Å². The second kappa shape index (κ2) is 18.6. The van der Waals surface area contributed by atoms with Crippen LogP contribution in [0.4, 0.5) is 34.1 Å². The van der Waals surface area contributed by atoms with Gasteiger partial charge in [-0.3, -0.25) is 0 Å². The third-order valence-electron chi connectivity index (χ3n) is 14.9. The number of benzene rings is 13. The Morgan fingerprint density at radius 2 is 0.600 bits per heavy atom. The molecule has 3 nitrogen and oxygen atoms in total. The number of rotatable bonds is 10. The molecule has 0 N–H and O–H groups in total. The van der Waals surface area contributed by atoms with Crippen LogP contribution in [0.3, 0.4) is 0 Å². The van der Waals surface area contributed by atoms with Crippen molar-refractivity contribution in [1.29, 1.82) is 0 Å². The molecular formula is C72H48N2O. The quantitative estimate of drug-likeness (QED) is 0.136. The van der Waals surface area contributed by atoms with Gasteiger partial charge < -0.3 is 14.2 Å². The molecule has 14 aromatic rings. The summed E-state index contributed by atoms with van der Waals surface area (Å²) < 4.78 is 6.83. The number of hydrogen-bond donors (Lipinski definition) is 0. The molecule has 0 aliphatic heterocycles. The maximum atomic E-state index is 6.83. The molecule has 1 heterocycles. The second-order valence-corrected chi connectivity index (χ2v) is 19.2. The van der Waals surface area contributed by atoms with Gasteiger partial charge in [0.05, 0.1) is 11.4 Å². The fourth-order valence-electron chi connectivity index (χ4n) is 11.2. The van der Waals surface area contributed by atoms with Crippen LogP contribution < -0.4 is 9.80 Å². The highest BCUT2D eigenvalue weighted by atomic mass is 16.3. The van der Waals surface area contributed by atoms with Crippen LogP contribution in [0.15, 0.2) is 296 Å². The lowest BCUT2D eigenvalue weighted by Gasteiger charge is -2.28. The van der Waals surface area contributed by atoms with Crippen molar-refractivity contribution in [3.8, 4) is 44.5 Å². The Hall–Kier alpha value is -9.96. The van der Waals surface area contributed by atoms with Crippen LogP contribution in [0.2, 0.25) is 0 Å². The van der Waals surface area contributed by atoms with E-state index in [9.17, 15) is 0 Å². The van der Waals surface area contributed by atoms with Crippen LogP contribution >= 0.6 is 0 Å². The minimum absolute atomic E-state index is 0.859. The normalized spacial score (nSPS) is 11.5. The first-order chi connectivity index (χ1) is 37.2. The molecule has 0 radical (unpaired) electrons. The first-order valence-corrected chi connectivity index (χ1v) is 25.6. The van der Waals surface area contributed by atoms with E-state index in [1.807, 2.05) is 0 Å². The maximum absolute atomic E-state index is 6.83. The van der Waals surface area contributed by atoms with Crippen LogP contribution in [-0.4, -0.2) is 0 Å². The molecule has 0 spiro atoms. The lowest BCUT2D eigenvalue weighted by Crippen LogP contribution is -2.11. The van der Waals surface area contributed by atoms with E-state index in [0.29, 0.717) is 0 Å². The minimum atomic E-state index is 0.859. The molecular weight excluding hydrogens is 909 g/mol. The third-order valence-corrected chi connectivity index (χ3v) is 14.9. The van der Waals surface area contributed by atoms with Crippen LogP contribution in [0, 0.1) is 0 Å². The molecule has 0 amide bonds. The van der Waals surface area contributed by atoms with Crippen molar-refractivity contribution >= 4 is 88.4 Å². The topological polar surface area (TPSA) is 19.6 Å². The Labute approximate surface area is 436 Å². The van der Waals surface area contributed by atoms with Crippen LogP contribution in [0.25, 0.3) is 98.8 Å².